The topological polar surface area (TPSA) is 37.9 Å². The molecule has 1 N–H and O–H groups in total. The zero-order valence-electron chi connectivity index (χ0n) is 11.3. The van der Waals surface area contributed by atoms with Gasteiger partial charge in [0.25, 0.3) is 0 Å². The first-order valence-electron chi connectivity index (χ1n) is 6.57. The molecule has 1 heterocycles. The van der Waals surface area contributed by atoms with Gasteiger partial charge in [0.05, 0.1) is 19.0 Å². The summed E-state index contributed by atoms with van der Waals surface area (Å²) in [5, 5.41) is 7.27. The van der Waals surface area contributed by atoms with Crippen LogP contribution in [-0.2, 0) is 6.42 Å². The average molecular weight is 264 g/mol. The molecule has 0 bridgehead atoms. The normalized spacial score (nSPS) is 10.4. The maximum absolute atomic E-state index is 5.18. The standard InChI is InChI=1S/C17H16N2O/c1-20-16-9-7-13(8-10-16)11-15-12-18-19-17(15)14-5-3-2-4-6-14/h2-10,12H,11H2,1H3,(H,18,19). The second kappa shape index (κ2) is 5.61. The van der Waals surface area contributed by atoms with Crippen LogP contribution < -0.4 is 4.74 Å². The summed E-state index contributed by atoms with van der Waals surface area (Å²) in [6.45, 7) is 0. The van der Waals surface area contributed by atoms with E-state index in [2.05, 4.69) is 34.5 Å². The highest BCUT2D eigenvalue weighted by molar-refractivity contribution is 5.63. The second-order valence-corrected chi connectivity index (χ2v) is 4.66. The lowest BCUT2D eigenvalue weighted by Gasteiger charge is -2.05. The summed E-state index contributed by atoms with van der Waals surface area (Å²) >= 11 is 0. The summed E-state index contributed by atoms with van der Waals surface area (Å²) in [5.41, 5.74) is 4.68. The van der Waals surface area contributed by atoms with Crippen molar-refractivity contribution in [1.82, 2.24) is 10.2 Å². The Morgan fingerprint density at radius 3 is 2.45 bits per heavy atom. The van der Waals surface area contributed by atoms with Crippen molar-refractivity contribution in [2.24, 2.45) is 0 Å². The van der Waals surface area contributed by atoms with Gasteiger partial charge in [0.1, 0.15) is 5.75 Å². The summed E-state index contributed by atoms with van der Waals surface area (Å²) < 4.78 is 5.18. The molecule has 0 radical (unpaired) electrons. The van der Waals surface area contributed by atoms with Crippen molar-refractivity contribution in [3.8, 4) is 17.0 Å². The number of H-pyrrole nitrogens is 1. The van der Waals surface area contributed by atoms with Crippen molar-refractivity contribution in [2.75, 3.05) is 7.11 Å². The van der Waals surface area contributed by atoms with Crippen molar-refractivity contribution in [3.63, 3.8) is 0 Å². The van der Waals surface area contributed by atoms with Crippen LogP contribution >= 0.6 is 0 Å². The van der Waals surface area contributed by atoms with Gasteiger partial charge in [0.15, 0.2) is 0 Å². The molecule has 20 heavy (non-hydrogen) atoms. The summed E-state index contributed by atoms with van der Waals surface area (Å²) in [6.07, 6.45) is 2.75. The van der Waals surface area contributed by atoms with E-state index in [9.17, 15) is 0 Å². The maximum atomic E-state index is 5.18. The zero-order chi connectivity index (χ0) is 13.8. The fraction of sp³-hybridized carbons (Fsp3) is 0.118. The van der Waals surface area contributed by atoms with Crippen LogP contribution in [0.25, 0.3) is 11.3 Å². The van der Waals surface area contributed by atoms with Gasteiger partial charge in [-0.05, 0) is 23.3 Å². The minimum Gasteiger partial charge on any atom is -0.497 e. The third-order valence-electron chi connectivity index (χ3n) is 3.33. The fourth-order valence-corrected chi connectivity index (χ4v) is 2.26. The predicted molar refractivity (Wildman–Crippen MR) is 79.8 cm³/mol. The molecule has 3 heteroatoms. The lowest BCUT2D eigenvalue weighted by Crippen LogP contribution is -1.90. The second-order valence-electron chi connectivity index (χ2n) is 4.66. The predicted octanol–water partition coefficient (Wildman–Crippen LogP) is 3.68. The highest BCUT2D eigenvalue weighted by atomic mass is 16.5. The van der Waals surface area contributed by atoms with Gasteiger partial charge < -0.3 is 4.74 Å². The van der Waals surface area contributed by atoms with Gasteiger partial charge in [0.2, 0.25) is 0 Å². The highest BCUT2D eigenvalue weighted by Crippen LogP contribution is 2.23. The van der Waals surface area contributed by atoms with Crippen LogP contribution in [0.3, 0.4) is 0 Å². The molecule has 0 unspecified atom stereocenters. The Kier molecular flexibility index (Phi) is 3.50. The van der Waals surface area contributed by atoms with Crippen LogP contribution in [-0.4, -0.2) is 17.3 Å². The van der Waals surface area contributed by atoms with Crippen LogP contribution in [0.5, 0.6) is 5.75 Å². The van der Waals surface area contributed by atoms with Gasteiger partial charge in [0, 0.05) is 12.0 Å². The number of methoxy groups -OCH3 is 1. The van der Waals surface area contributed by atoms with Crippen LogP contribution in [0.2, 0.25) is 0 Å². The number of hydrogen-bond acceptors (Lipinski definition) is 2. The Hall–Kier alpha value is -2.55. The van der Waals surface area contributed by atoms with E-state index >= 15 is 0 Å². The molecule has 3 aromatic rings. The minimum atomic E-state index is 0.852. The van der Waals surface area contributed by atoms with Crippen molar-refractivity contribution in [1.29, 1.82) is 0 Å². The highest BCUT2D eigenvalue weighted by Gasteiger charge is 2.08. The Labute approximate surface area is 118 Å². The van der Waals surface area contributed by atoms with E-state index in [0.717, 1.165) is 23.4 Å². The van der Waals surface area contributed by atoms with Crippen LogP contribution in [0, 0.1) is 0 Å². The van der Waals surface area contributed by atoms with Crippen LogP contribution in [0.15, 0.2) is 60.8 Å². The molecule has 0 aliphatic rings. The number of benzene rings is 2. The van der Waals surface area contributed by atoms with E-state index in [1.165, 1.54) is 11.1 Å². The van der Waals surface area contributed by atoms with Crippen molar-refractivity contribution in [3.05, 3.63) is 71.9 Å². The Morgan fingerprint density at radius 2 is 1.75 bits per heavy atom. The molecule has 0 saturated carbocycles. The van der Waals surface area contributed by atoms with E-state index in [-0.39, 0.29) is 0 Å². The number of hydrogen-bond donors (Lipinski definition) is 1. The van der Waals surface area contributed by atoms with Crippen molar-refractivity contribution >= 4 is 0 Å². The molecular weight excluding hydrogens is 248 g/mol. The largest absolute Gasteiger partial charge is 0.497 e. The number of aromatic amines is 1. The molecule has 0 spiro atoms. The Bertz CT molecular complexity index is 672. The van der Waals surface area contributed by atoms with E-state index in [1.807, 2.05) is 36.5 Å². The Balaban J connectivity index is 1.86. The average Bonchev–Trinajstić information content (AvgIpc) is 2.97. The van der Waals surface area contributed by atoms with Gasteiger partial charge in [-0.15, -0.1) is 0 Å². The van der Waals surface area contributed by atoms with Crippen molar-refractivity contribution in [2.45, 2.75) is 6.42 Å². The molecule has 3 nitrogen and oxygen atoms in total. The number of nitrogens with one attached hydrogen (secondary N) is 1. The first-order valence-corrected chi connectivity index (χ1v) is 6.57. The van der Waals surface area contributed by atoms with E-state index in [0.29, 0.717) is 0 Å². The fourth-order valence-electron chi connectivity index (χ4n) is 2.26. The molecule has 0 saturated heterocycles. The minimum absolute atomic E-state index is 0.852. The third kappa shape index (κ3) is 2.57. The van der Waals surface area contributed by atoms with E-state index < -0.39 is 0 Å². The maximum Gasteiger partial charge on any atom is 0.118 e. The molecule has 0 atom stereocenters. The SMILES string of the molecule is COc1ccc(Cc2cn[nH]c2-c2ccccc2)cc1. The van der Waals surface area contributed by atoms with E-state index in [1.54, 1.807) is 7.11 Å². The quantitative estimate of drug-likeness (QED) is 0.780. The number of nitrogens with zero attached hydrogens (tertiary/aromatic N) is 1. The van der Waals surface area contributed by atoms with E-state index in [4.69, 9.17) is 4.74 Å². The smallest absolute Gasteiger partial charge is 0.118 e. The molecule has 0 amide bonds. The molecule has 0 fully saturated rings. The van der Waals surface area contributed by atoms with Gasteiger partial charge in [-0.3, -0.25) is 5.10 Å². The van der Waals surface area contributed by atoms with Gasteiger partial charge in [-0.1, -0.05) is 42.5 Å². The lowest BCUT2D eigenvalue weighted by molar-refractivity contribution is 0.414. The molecule has 0 aliphatic heterocycles. The zero-order valence-corrected chi connectivity index (χ0v) is 11.3. The molecule has 0 aliphatic carbocycles. The monoisotopic (exact) mass is 264 g/mol. The first-order chi connectivity index (χ1) is 9.86. The first kappa shape index (κ1) is 12.5. The Morgan fingerprint density at radius 1 is 1.00 bits per heavy atom. The summed E-state index contributed by atoms with van der Waals surface area (Å²) in [6, 6.07) is 18.4. The van der Waals surface area contributed by atoms with Gasteiger partial charge in [-0.2, -0.15) is 5.10 Å². The number of rotatable bonds is 4. The van der Waals surface area contributed by atoms with Crippen LogP contribution in [0.1, 0.15) is 11.1 Å². The summed E-state index contributed by atoms with van der Waals surface area (Å²) in [7, 11) is 1.68. The summed E-state index contributed by atoms with van der Waals surface area (Å²) in [4.78, 5) is 0. The van der Waals surface area contributed by atoms with Gasteiger partial charge in [-0.25, -0.2) is 0 Å². The third-order valence-corrected chi connectivity index (χ3v) is 3.33. The molecule has 100 valence electrons. The molecule has 2 aromatic carbocycles. The molecular formula is C17H16N2O. The molecule has 3 rings (SSSR count). The lowest BCUT2D eigenvalue weighted by atomic mass is 10.0. The number of aromatic nitrogens is 2. The van der Waals surface area contributed by atoms with Crippen LogP contribution in [0.4, 0.5) is 0 Å². The van der Waals surface area contributed by atoms with Crippen molar-refractivity contribution < 1.29 is 4.74 Å². The molecule has 1 aromatic heterocycles. The summed E-state index contributed by atoms with van der Waals surface area (Å²) in [5.74, 6) is 0.879. The number of ether oxygens (including phenoxy) is 1. The van der Waals surface area contributed by atoms with Gasteiger partial charge >= 0.3 is 0 Å².